The zero-order chi connectivity index (χ0) is 18.4. The van der Waals surface area contributed by atoms with Crippen LogP contribution in [0.1, 0.15) is 31.2 Å². The second kappa shape index (κ2) is 8.18. The molecule has 0 spiro atoms. The third-order valence-corrected chi connectivity index (χ3v) is 4.38. The van der Waals surface area contributed by atoms with Crippen LogP contribution in [0.4, 0.5) is 18.9 Å². The average Bonchev–Trinajstić information content (AvgIpc) is 2.59. The van der Waals surface area contributed by atoms with E-state index in [1.54, 1.807) is 6.08 Å². The van der Waals surface area contributed by atoms with Gasteiger partial charge in [-0.15, -0.1) is 6.58 Å². The molecule has 4 nitrogen and oxygen atoms in total. The number of benzene rings is 1. The second-order valence-corrected chi connectivity index (χ2v) is 6.11. The number of nitrogens with one attached hydrogen (secondary N) is 2. The molecule has 0 aromatic heterocycles. The summed E-state index contributed by atoms with van der Waals surface area (Å²) < 4.78 is 38.9. The van der Waals surface area contributed by atoms with Gasteiger partial charge in [-0.2, -0.15) is 13.2 Å². The van der Waals surface area contributed by atoms with Gasteiger partial charge < -0.3 is 10.6 Å². The molecule has 25 heavy (non-hydrogen) atoms. The molecule has 0 saturated heterocycles. The molecule has 7 heteroatoms. The number of carbonyl (C=O) groups is 2. The first-order chi connectivity index (χ1) is 11.8. The summed E-state index contributed by atoms with van der Waals surface area (Å²) in [5.41, 5.74) is -1.09. The molecule has 2 rings (SSSR count). The van der Waals surface area contributed by atoms with Gasteiger partial charge in [-0.25, -0.2) is 0 Å². The van der Waals surface area contributed by atoms with E-state index >= 15 is 0 Å². The summed E-state index contributed by atoms with van der Waals surface area (Å²) in [5.74, 6) is -1.04. The highest BCUT2D eigenvalue weighted by molar-refractivity contribution is 5.93. The van der Waals surface area contributed by atoms with Crippen molar-refractivity contribution in [1.29, 1.82) is 0 Å². The molecular formula is C18H21F3N2O2. The van der Waals surface area contributed by atoms with Gasteiger partial charge in [0, 0.05) is 18.4 Å². The lowest BCUT2D eigenvalue weighted by molar-refractivity contribution is -0.137. The van der Waals surface area contributed by atoms with Crippen LogP contribution in [0.2, 0.25) is 0 Å². The van der Waals surface area contributed by atoms with Gasteiger partial charge in [0.2, 0.25) is 11.8 Å². The molecule has 2 amide bonds. The lowest BCUT2D eigenvalue weighted by Gasteiger charge is -2.27. The Morgan fingerprint density at radius 1 is 1.08 bits per heavy atom. The maximum atomic E-state index is 13.0. The van der Waals surface area contributed by atoms with Crippen LogP contribution in [0, 0.1) is 11.8 Å². The third kappa shape index (κ3) is 5.08. The number of hydrogen-bond acceptors (Lipinski definition) is 2. The van der Waals surface area contributed by atoms with E-state index in [1.165, 1.54) is 18.2 Å². The van der Waals surface area contributed by atoms with Gasteiger partial charge in [0.25, 0.3) is 0 Å². The molecule has 2 N–H and O–H groups in total. The van der Waals surface area contributed by atoms with Crippen LogP contribution in [-0.4, -0.2) is 18.4 Å². The number of carbonyl (C=O) groups excluding carboxylic acids is 2. The molecule has 0 radical (unpaired) electrons. The molecule has 136 valence electrons. The molecule has 1 aliphatic carbocycles. The van der Waals surface area contributed by atoms with Crippen LogP contribution in [-0.2, 0) is 15.8 Å². The summed E-state index contributed by atoms with van der Waals surface area (Å²) in [6.45, 7) is 3.93. The summed E-state index contributed by atoms with van der Waals surface area (Å²) in [7, 11) is 0. The normalized spacial score (nSPS) is 20.6. The number of rotatable bonds is 5. The minimum atomic E-state index is -4.52. The first-order valence-corrected chi connectivity index (χ1v) is 8.18. The smallest absolute Gasteiger partial charge is 0.352 e. The fourth-order valence-corrected chi connectivity index (χ4v) is 3.01. The van der Waals surface area contributed by atoms with Crippen molar-refractivity contribution in [2.75, 3.05) is 11.9 Å². The molecule has 1 aromatic rings. The largest absolute Gasteiger partial charge is 0.418 e. The average molecular weight is 354 g/mol. The Morgan fingerprint density at radius 2 is 1.64 bits per heavy atom. The minimum absolute atomic E-state index is 0.0684. The van der Waals surface area contributed by atoms with Gasteiger partial charge in [-0.05, 0) is 37.8 Å². The second-order valence-electron chi connectivity index (χ2n) is 6.11. The van der Waals surface area contributed by atoms with Crippen molar-refractivity contribution >= 4 is 17.5 Å². The molecule has 1 aromatic carbocycles. The van der Waals surface area contributed by atoms with E-state index in [0.717, 1.165) is 6.07 Å². The topological polar surface area (TPSA) is 58.2 Å². The van der Waals surface area contributed by atoms with Crippen molar-refractivity contribution in [3.63, 3.8) is 0 Å². The Balaban J connectivity index is 1.94. The molecule has 0 aliphatic heterocycles. The Kier molecular flexibility index (Phi) is 6.22. The van der Waals surface area contributed by atoms with Crippen molar-refractivity contribution in [2.24, 2.45) is 11.8 Å². The fraction of sp³-hybridized carbons (Fsp3) is 0.444. The number of hydrogen-bond donors (Lipinski definition) is 2. The van der Waals surface area contributed by atoms with Gasteiger partial charge in [-0.3, -0.25) is 9.59 Å². The summed E-state index contributed by atoms with van der Waals surface area (Å²) in [5, 5.41) is 5.12. The fourth-order valence-electron chi connectivity index (χ4n) is 3.01. The Labute approximate surface area is 144 Å². The van der Waals surface area contributed by atoms with Gasteiger partial charge in [0.15, 0.2) is 0 Å². The minimum Gasteiger partial charge on any atom is -0.352 e. The van der Waals surface area contributed by atoms with E-state index in [4.69, 9.17) is 0 Å². The van der Waals surface area contributed by atoms with E-state index < -0.39 is 17.6 Å². The van der Waals surface area contributed by atoms with Crippen molar-refractivity contribution in [3.05, 3.63) is 42.5 Å². The van der Waals surface area contributed by atoms with Gasteiger partial charge >= 0.3 is 6.18 Å². The number of amides is 2. The van der Waals surface area contributed by atoms with Crippen LogP contribution in [0.15, 0.2) is 36.9 Å². The van der Waals surface area contributed by atoms with Crippen molar-refractivity contribution in [3.8, 4) is 0 Å². The lowest BCUT2D eigenvalue weighted by Crippen LogP contribution is -2.35. The zero-order valence-corrected chi connectivity index (χ0v) is 13.7. The highest BCUT2D eigenvalue weighted by Crippen LogP contribution is 2.35. The maximum Gasteiger partial charge on any atom is 0.418 e. The Hall–Kier alpha value is -2.31. The van der Waals surface area contributed by atoms with Gasteiger partial charge in [0.05, 0.1) is 11.3 Å². The highest BCUT2D eigenvalue weighted by Gasteiger charge is 2.35. The van der Waals surface area contributed by atoms with Crippen LogP contribution in [0.25, 0.3) is 0 Å². The van der Waals surface area contributed by atoms with Crippen molar-refractivity contribution in [2.45, 2.75) is 31.9 Å². The quantitative estimate of drug-likeness (QED) is 0.791. The van der Waals surface area contributed by atoms with Crippen molar-refractivity contribution in [1.82, 2.24) is 5.32 Å². The Bertz CT molecular complexity index is 635. The van der Waals surface area contributed by atoms with E-state index in [9.17, 15) is 22.8 Å². The van der Waals surface area contributed by atoms with E-state index in [-0.39, 0.29) is 23.4 Å². The monoisotopic (exact) mass is 354 g/mol. The van der Waals surface area contributed by atoms with Gasteiger partial charge in [-0.1, -0.05) is 18.2 Å². The zero-order valence-electron chi connectivity index (χ0n) is 13.7. The Morgan fingerprint density at radius 3 is 2.20 bits per heavy atom. The van der Waals surface area contributed by atoms with E-state index in [2.05, 4.69) is 17.2 Å². The molecule has 0 atom stereocenters. The number of halogens is 3. The van der Waals surface area contributed by atoms with E-state index in [1.807, 2.05) is 0 Å². The molecule has 1 aliphatic rings. The number of alkyl halides is 3. The van der Waals surface area contributed by atoms with Gasteiger partial charge in [0.1, 0.15) is 0 Å². The SMILES string of the molecule is C=CCNC(=O)C1CCC(C(=O)Nc2ccccc2C(F)(F)F)CC1. The summed E-state index contributed by atoms with van der Waals surface area (Å²) >= 11 is 0. The standard InChI is InChI=1S/C18H21F3N2O2/c1-2-11-22-16(24)12-7-9-13(10-8-12)17(25)23-15-6-4-3-5-14(15)18(19,20)21/h2-6,12-13H,1,7-11H2,(H,22,24)(H,23,25). The molecule has 0 bridgehead atoms. The predicted molar refractivity (Wildman–Crippen MR) is 88.7 cm³/mol. The summed E-state index contributed by atoms with van der Waals surface area (Å²) in [4.78, 5) is 24.2. The maximum absolute atomic E-state index is 13.0. The number of para-hydroxylation sites is 1. The van der Waals surface area contributed by atoms with Crippen LogP contribution in [0.5, 0.6) is 0 Å². The molecular weight excluding hydrogens is 333 g/mol. The van der Waals surface area contributed by atoms with Crippen LogP contribution < -0.4 is 10.6 Å². The van der Waals surface area contributed by atoms with Crippen LogP contribution >= 0.6 is 0 Å². The van der Waals surface area contributed by atoms with E-state index in [0.29, 0.717) is 32.2 Å². The molecule has 0 heterocycles. The lowest BCUT2D eigenvalue weighted by atomic mass is 9.81. The molecule has 0 unspecified atom stereocenters. The summed E-state index contributed by atoms with van der Waals surface area (Å²) in [6.07, 6.45) is -0.887. The molecule has 1 fully saturated rings. The highest BCUT2D eigenvalue weighted by atomic mass is 19.4. The number of anilines is 1. The first kappa shape index (κ1) is 19.0. The van der Waals surface area contributed by atoms with Crippen LogP contribution in [0.3, 0.4) is 0 Å². The third-order valence-electron chi connectivity index (χ3n) is 4.38. The first-order valence-electron chi connectivity index (χ1n) is 8.18. The van der Waals surface area contributed by atoms with Crippen molar-refractivity contribution < 1.29 is 22.8 Å². The molecule has 1 saturated carbocycles. The predicted octanol–water partition coefficient (Wildman–Crippen LogP) is 3.75. The summed E-state index contributed by atoms with van der Waals surface area (Å²) in [6, 6.07) is 4.92.